The maximum absolute atomic E-state index is 12.6. The van der Waals surface area contributed by atoms with Crippen LogP contribution < -0.4 is 11.3 Å². The molecule has 0 saturated heterocycles. The predicted molar refractivity (Wildman–Crippen MR) is 61.6 cm³/mol. The Hall–Kier alpha value is -0.400. The van der Waals surface area contributed by atoms with Crippen molar-refractivity contribution in [1.82, 2.24) is 5.43 Å². The molecule has 0 heterocycles. The van der Waals surface area contributed by atoms with E-state index >= 15 is 0 Å². The summed E-state index contributed by atoms with van der Waals surface area (Å²) in [5.74, 6) is 1.58. The lowest BCUT2D eigenvalue weighted by molar-refractivity contribution is -0.167. The quantitative estimate of drug-likeness (QED) is 0.365. The van der Waals surface area contributed by atoms with E-state index in [9.17, 15) is 17.6 Å². The van der Waals surface area contributed by atoms with Crippen LogP contribution in [0.1, 0.15) is 33.1 Å². The van der Waals surface area contributed by atoms with Gasteiger partial charge in [-0.15, -0.1) is 0 Å². The highest BCUT2D eigenvalue weighted by Crippen LogP contribution is 2.23. The summed E-state index contributed by atoms with van der Waals surface area (Å²) in [5, 5.41) is 0. The molecule has 0 fully saturated rings. The minimum absolute atomic E-state index is 0.102. The molecular formula is C11H22F4N2O. The first-order valence-electron chi connectivity index (χ1n) is 6.07. The highest BCUT2D eigenvalue weighted by molar-refractivity contribution is 4.71. The number of hydrazine groups is 1. The van der Waals surface area contributed by atoms with Crippen LogP contribution in [0.15, 0.2) is 0 Å². The van der Waals surface area contributed by atoms with Crippen molar-refractivity contribution in [2.24, 2.45) is 11.8 Å². The van der Waals surface area contributed by atoms with Crippen LogP contribution in [0, 0.1) is 5.92 Å². The van der Waals surface area contributed by atoms with Gasteiger partial charge in [-0.25, -0.2) is 8.78 Å². The first-order valence-corrected chi connectivity index (χ1v) is 6.07. The van der Waals surface area contributed by atoms with Crippen molar-refractivity contribution in [2.75, 3.05) is 13.2 Å². The Bertz CT molecular complexity index is 213. The van der Waals surface area contributed by atoms with E-state index in [4.69, 9.17) is 5.84 Å². The molecule has 0 aliphatic heterocycles. The van der Waals surface area contributed by atoms with Crippen LogP contribution in [0.25, 0.3) is 0 Å². The van der Waals surface area contributed by atoms with E-state index in [0.29, 0.717) is 12.3 Å². The molecular weight excluding hydrogens is 252 g/mol. The zero-order valence-electron chi connectivity index (χ0n) is 10.8. The van der Waals surface area contributed by atoms with Crippen molar-refractivity contribution in [3.63, 3.8) is 0 Å². The monoisotopic (exact) mass is 274 g/mol. The van der Waals surface area contributed by atoms with E-state index in [1.54, 1.807) is 0 Å². The molecule has 0 aliphatic carbocycles. The zero-order chi connectivity index (χ0) is 14.2. The molecule has 0 rings (SSSR count). The number of hydrogen-bond donors (Lipinski definition) is 2. The highest BCUT2D eigenvalue weighted by atomic mass is 19.3. The van der Waals surface area contributed by atoms with Crippen molar-refractivity contribution in [1.29, 1.82) is 0 Å². The van der Waals surface area contributed by atoms with Gasteiger partial charge in [-0.05, 0) is 12.3 Å². The predicted octanol–water partition coefficient (Wildman–Crippen LogP) is 2.56. The summed E-state index contributed by atoms with van der Waals surface area (Å²) in [5.41, 5.74) is 2.46. The third-order valence-electron chi connectivity index (χ3n) is 2.94. The number of nitrogens with one attached hydrogen (secondary N) is 1. The van der Waals surface area contributed by atoms with Gasteiger partial charge >= 0.3 is 12.3 Å². The van der Waals surface area contributed by atoms with Gasteiger partial charge in [0.05, 0.1) is 6.61 Å². The Morgan fingerprint density at radius 3 is 2.17 bits per heavy atom. The van der Waals surface area contributed by atoms with Crippen LogP contribution in [0.3, 0.4) is 0 Å². The molecule has 0 radical (unpaired) electrons. The molecule has 0 aliphatic rings. The number of ether oxygens (including phenoxy) is 1. The van der Waals surface area contributed by atoms with Gasteiger partial charge in [0.1, 0.15) is 6.61 Å². The van der Waals surface area contributed by atoms with E-state index < -0.39 is 19.0 Å². The minimum Gasteiger partial charge on any atom is -0.373 e. The molecule has 0 saturated carbocycles. The maximum Gasteiger partial charge on any atom is 0.330 e. The topological polar surface area (TPSA) is 47.3 Å². The van der Waals surface area contributed by atoms with Crippen LogP contribution >= 0.6 is 0 Å². The number of hydrogen-bond acceptors (Lipinski definition) is 3. The standard InChI is InChI=1S/C11H22F4N2O/c1-3-8(4-2)5-9(17-16)6-18-7-11(14,15)10(12)13/h8-10,17H,3-7,16H2,1-2H3. The molecule has 3 nitrogen and oxygen atoms in total. The molecule has 1 unspecified atom stereocenters. The zero-order valence-corrected chi connectivity index (χ0v) is 10.8. The number of alkyl halides is 4. The van der Waals surface area contributed by atoms with Crippen LogP contribution in [0.4, 0.5) is 17.6 Å². The van der Waals surface area contributed by atoms with Gasteiger partial charge in [-0.1, -0.05) is 26.7 Å². The van der Waals surface area contributed by atoms with Gasteiger partial charge in [0.25, 0.3) is 0 Å². The summed E-state index contributed by atoms with van der Waals surface area (Å²) in [6.45, 7) is 2.65. The van der Waals surface area contributed by atoms with Crippen LogP contribution in [-0.2, 0) is 4.74 Å². The average molecular weight is 274 g/mol. The molecule has 0 aromatic heterocycles. The van der Waals surface area contributed by atoms with Crippen LogP contribution in [0.2, 0.25) is 0 Å². The lowest BCUT2D eigenvalue weighted by Gasteiger charge is -2.22. The van der Waals surface area contributed by atoms with Gasteiger partial charge in [-0.3, -0.25) is 11.3 Å². The third kappa shape index (κ3) is 6.51. The fourth-order valence-electron chi connectivity index (χ4n) is 1.61. The van der Waals surface area contributed by atoms with Gasteiger partial charge in [0, 0.05) is 6.04 Å². The SMILES string of the molecule is CCC(CC)CC(COCC(F)(F)C(F)F)NN. The van der Waals surface area contributed by atoms with Crippen molar-refractivity contribution < 1.29 is 22.3 Å². The molecule has 0 aromatic carbocycles. The van der Waals surface area contributed by atoms with Gasteiger partial charge in [0.2, 0.25) is 0 Å². The van der Waals surface area contributed by atoms with E-state index in [-0.39, 0.29) is 12.6 Å². The van der Waals surface area contributed by atoms with Crippen molar-refractivity contribution in [2.45, 2.75) is 51.5 Å². The molecule has 0 aromatic rings. The summed E-state index contributed by atoms with van der Waals surface area (Å²) < 4.78 is 53.5. The van der Waals surface area contributed by atoms with E-state index in [0.717, 1.165) is 12.8 Å². The third-order valence-corrected chi connectivity index (χ3v) is 2.94. The Morgan fingerprint density at radius 1 is 1.22 bits per heavy atom. The van der Waals surface area contributed by atoms with Gasteiger partial charge in [0.15, 0.2) is 0 Å². The lowest BCUT2D eigenvalue weighted by atomic mass is 9.95. The Labute approximate surface area is 105 Å². The maximum atomic E-state index is 12.6. The smallest absolute Gasteiger partial charge is 0.330 e. The van der Waals surface area contributed by atoms with Crippen molar-refractivity contribution >= 4 is 0 Å². The lowest BCUT2D eigenvalue weighted by Crippen LogP contribution is -2.42. The Morgan fingerprint density at radius 2 is 1.78 bits per heavy atom. The summed E-state index contributed by atoms with van der Waals surface area (Å²) in [7, 11) is 0. The second-order valence-electron chi connectivity index (χ2n) is 4.36. The summed E-state index contributed by atoms with van der Waals surface area (Å²) >= 11 is 0. The molecule has 0 spiro atoms. The first kappa shape index (κ1) is 17.6. The fraction of sp³-hybridized carbons (Fsp3) is 1.00. The number of nitrogens with two attached hydrogens (primary N) is 1. The second-order valence-corrected chi connectivity index (χ2v) is 4.36. The Balaban J connectivity index is 4.01. The molecule has 3 N–H and O–H groups in total. The molecule has 18 heavy (non-hydrogen) atoms. The molecule has 0 amide bonds. The molecule has 0 bridgehead atoms. The summed E-state index contributed by atoms with van der Waals surface area (Å²) in [6, 6.07) is -0.302. The Kier molecular flexibility index (Phi) is 8.47. The van der Waals surface area contributed by atoms with E-state index in [1.165, 1.54) is 0 Å². The largest absolute Gasteiger partial charge is 0.373 e. The van der Waals surface area contributed by atoms with E-state index in [2.05, 4.69) is 10.2 Å². The summed E-state index contributed by atoms with van der Waals surface area (Å²) in [6.07, 6.45) is -1.14. The van der Waals surface area contributed by atoms with Gasteiger partial charge < -0.3 is 4.74 Å². The average Bonchev–Trinajstić information content (AvgIpc) is 2.33. The summed E-state index contributed by atoms with van der Waals surface area (Å²) in [4.78, 5) is 0. The first-order chi connectivity index (χ1) is 8.37. The normalized spacial score (nSPS) is 14.5. The number of rotatable bonds is 10. The molecule has 110 valence electrons. The van der Waals surface area contributed by atoms with Crippen molar-refractivity contribution in [3.8, 4) is 0 Å². The van der Waals surface area contributed by atoms with Crippen LogP contribution in [-0.4, -0.2) is 31.6 Å². The number of halogens is 4. The van der Waals surface area contributed by atoms with E-state index in [1.807, 2.05) is 13.8 Å². The van der Waals surface area contributed by atoms with Crippen molar-refractivity contribution in [3.05, 3.63) is 0 Å². The molecule has 1 atom stereocenters. The van der Waals surface area contributed by atoms with Gasteiger partial charge in [-0.2, -0.15) is 8.78 Å². The van der Waals surface area contributed by atoms with Crippen LogP contribution in [0.5, 0.6) is 0 Å². The molecule has 7 heteroatoms. The highest BCUT2D eigenvalue weighted by Gasteiger charge is 2.41. The second kappa shape index (κ2) is 8.66. The fourth-order valence-corrected chi connectivity index (χ4v) is 1.61. The minimum atomic E-state index is -4.10.